The lowest BCUT2D eigenvalue weighted by Crippen LogP contribution is -2.30. The molecule has 0 aliphatic carbocycles. The van der Waals surface area contributed by atoms with Gasteiger partial charge in [0.2, 0.25) is 0 Å². The van der Waals surface area contributed by atoms with Crippen LogP contribution in [-0.4, -0.2) is 11.8 Å². The summed E-state index contributed by atoms with van der Waals surface area (Å²) in [6.45, 7) is 0. The van der Waals surface area contributed by atoms with Crippen LogP contribution in [0.4, 0.5) is 0 Å². The minimum atomic E-state index is -0.342. The number of rotatable bonds is 4. The topological polar surface area (TPSA) is 122 Å². The van der Waals surface area contributed by atoms with Gasteiger partial charge in [-0.05, 0) is 48.2 Å². The molecule has 1 aliphatic rings. The van der Waals surface area contributed by atoms with Crippen LogP contribution in [0.1, 0.15) is 56.8 Å². The van der Waals surface area contributed by atoms with Crippen molar-refractivity contribution >= 4 is 11.8 Å². The highest BCUT2D eigenvalue weighted by molar-refractivity contribution is 5.94. The molecule has 1 saturated heterocycles. The van der Waals surface area contributed by atoms with Gasteiger partial charge in [0.05, 0.1) is 0 Å². The molecular weight excluding hydrogens is 318 g/mol. The second-order valence-corrected chi connectivity index (χ2v) is 5.95. The highest BCUT2D eigenvalue weighted by Crippen LogP contribution is 2.34. The van der Waals surface area contributed by atoms with E-state index in [0.29, 0.717) is 11.1 Å². The summed E-state index contributed by atoms with van der Waals surface area (Å²) < 4.78 is 8.50. The molecule has 1 heterocycles. The third-order valence-corrected chi connectivity index (χ3v) is 4.45. The Kier molecular flexibility index (Phi) is 4.69. The first-order valence-electron chi connectivity index (χ1n) is 8.49. The molecule has 3 rings (SSSR count). The van der Waals surface area contributed by atoms with Crippen LogP contribution in [0.3, 0.4) is 0 Å². The van der Waals surface area contributed by atoms with Gasteiger partial charge in [0.25, 0.3) is 11.8 Å². The predicted molar refractivity (Wildman–Crippen MR) is 94.0 cm³/mol. The molecule has 2 unspecified atom stereocenters. The zero-order valence-electron chi connectivity index (χ0n) is 14.6. The van der Waals surface area contributed by atoms with E-state index in [1.54, 1.807) is 29.6 Å². The van der Waals surface area contributed by atoms with Crippen molar-refractivity contribution in [1.29, 1.82) is 0 Å². The Labute approximate surface area is 147 Å². The normalized spacial score (nSPS) is 20.8. The summed E-state index contributed by atoms with van der Waals surface area (Å²) >= 11 is 0. The number of hydrogen-bond acceptors (Lipinski definition) is 5. The number of amides is 2. The van der Waals surface area contributed by atoms with Gasteiger partial charge in [-0.1, -0.05) is 24.3 Å². The number of nitrogens with one attached hydrogen (secondary N) is 3. The Bertz CT molecular complexity index is 727. The number of carbonyl (C=O) groups excluding carboxylic acids is 2. The second kappa shape index (κ2) is 7.43. The molecular formula is C18H21N5O2. The fraction of sp³-hybridized carbons (Fsp3) is 0.222. The quantitative estimate of drug-likeness (QED) is 0.324. The molecule has 1 fully saturated rings. The summed E-state index contributed by atoms with van der Waals surface area (Å²) in [6, 6.07) is 14.1. The van der Waals surface area contributed by atoms with Crippen LogP contribution in [0.25, 0.3) is 0 Å². The molecule has 2 atom stereocenters. The molecule has 0 aromatic heterocycles. The Hall–Kier alpha value is -2.74. The van der Waals surface area contributed by atoms with E-state index in [9.17, 15) is 9.59 Å². The standard InChI is InChI=1S/C18H21N5O2/c19-22-17(24)13-5-1-11(2-6-13)15-9-10-16(21-15)12-3-7-14(8-4-12)18(25)23-20/h1-8,15-16,21H,9-10,19-20H2,(H,22,24)(H,23,25)/i/hD. The molecule has 7 nitrogen and oxygen atoms in total. The third-order valence-electron chi connectivity index (χ3n) is 4.45. The molecule has 7 N–H and O–H groups in total. The molecule has 7 heteroatoms. The minimum Gasteiger partial charge on any atom is -0.303 e. The van der Waals surface area contributed by atoms with E-state index in [2.05, 4.69) is 10.9 Å². The average molecular weight is 340 g/mol. The molecule has 2 aromatic rings. The first-order valence-corrected chi connectivity index (χ1v) is 8.04. The van der Waals surface area contributed by atoms with Crippen molar-refractivity contribution < 1.29 is 11.0 Å². The largest absolute Gasteiger partial charge is 0.303 e. The first-order chi connectivity index (χ1) is 12.5. The van der Waals surface area contributed by atoms with Gasteiger partial charge in [0, 0.05) is 23.2 Å². The maximum absolute atomic E-state index is 11.5. The summed E-state index contributed by atoms with van der Waals surface area (Å²) in [6.07, 6.45) is 1.67. The maximum atomic E-state index is 11.5. The van der Waals surface area contributed by atoms with Crippen molar-refractivity contribution in [2.75, 3.05) is 0 Å². The Morgan fingerprint density at radius 1 is 0.840 bits per heavy atom. The summed E-state index contributed by atoms with van der Waals surface area (Å²) in [7, 11) is 0. The summed E-state index contributed by atoms with van der Waals surface area (Å²) in [5, 5.41) is 1.58. The third kappa shape index (κ3) is 3.69. The first kappa shape index (κ1) is 15.8. The highest BCUT2D eigenvalue weighted by Gasteiger charge is 2.26. The van der Waals surface area contributed by atoms with E-state index in [1.807, 2.05) is 24.3 Å². The Morgan fingerprint density at radius 2 is 1.20 bits per heavy atom. The zero-order valence-corrected chi connectivity index (χ0v) is 13.6. The number of benzene rings is 2. The molecule has 0 bridgehead atoms. The second-order valence-electron chi connectivity index (χ2n) is 5.95. The molecule has 2 aromatic carbocycles. The molecule has 1 aliphatic heterocycles. The van der Waals surface area contributed by atoms with Crippen LogP contribution >= 0.6 is 0 Å². The fourth-order valence-electron chi connectivity index (χ4n) is 3.07. The van der Waals surface area contributed by atoms with E-state index in [1.165, 1.54) is 0 Å². The number of hydrazine groups is 2. The van der Waals surface area contributed by atoms with Gasteiger partial charge in [-0.15, -0.1) is 0 Å². The molecule has 130 valence electrons. The van der Waals surface area contributed by atoms with Crippen LogP contribution in [0, 0.1) is 0 Å². The van der Waals surface area contributed by atoms with Gasteiger partial charge >= 0.3 is 0 Å². The van der Waals surface area contributed by atoms with Gasteiger partial charge in [-0.25, -0.2) is 11.7 Å². The van der Waals surface area contributed by atoms with Crippen LogP contribution in [0.5, 0.6) is 0 Å². The molecule has 25 heavy (non-hydrogen) atoms. The maximum Gasteiger partial charge on any atom is 0.265 e. The van der Waals surface area contributed by atoms with Crippen LogP contribution in [0.2, 0.25) is 1.41 Å². The lowest BCUT2D eigenvalue weighted by Gasteiger charge is -2.16. The molecule has 0 spiro atoms. The van der Waals surface area contributed by atoms with Crippen molar-refractivity contribution in [1.82, 2.24) is 16.2 Å². The summed E-state index contributed by atoms with van der Waals surface area (Å²) in [5.41, 5.74) is 7.13. The van der Waals surface area contributed by atoms with E-state index in [-0.39, 0.29) is 23.9 Å². The Morgan fingerprint density at radius 3 is 1.52 bits per heavy atom. The van der Waals surface area contributed by atoms with Crippen molar-refractivity contribution in [2.24, 2.45) is 11.7 Å². The zero-order chi connectivity index (χ0) is 18.7. The van der Waals surface area contributed by atoms with Gasteiger partial charge in [-0.3, -0.25) is 20.4 Å². The fourth-order valence-corrected chi connectivity index (χ4v) is 3.07. The van der Waals surface area contributed by atoms with Crippen LogP contribution in [0.15, 0.2) is 48.5 Å². The van der Waals surface area contributed by atoms with Crippen molar-refractivity contribution in [3.8, 4) is 0 Å². The van der Waals surface area contributed by atoms with Gasteiger partial charge in [0.15, 0.2) is 0 Å². The highest BCUT2D eigenvalue weighted by atomic mass is 16.2. The minimum absolute atomic E-state index is 0.0537. The van der Waals surface area contributed by atoms with E-state index in [4.69, 9.17) is 13.1 Å². The van der Waals surface area contributed by atoms with Crippen molar-refractivity contribution in [2.45, 2.75) is 24.9 Å². The number of hydrogen-bond donors (Lipinski definition) is 5. The van der Waals surface area contributed by atoms with Gasteiger partial charge in [-0.2, -0.15) is 0 Å². The molecule has 0 saturated carbocycles. The average Bonchev–Trinajstić information content (AvgIpc) is 3.08. The SMILES string of the molecule is [2H]N1C(c2ccc(C(=O)NN)cc2)CCC1c1ccc(C(=O)NN)cc1. The monoisotopic (exact) mass is 340 g/mol. The van der Waals surface area contributed by atoms with E-state index >= 15 is 0 Å². The summed E-state index contributed by atoms with van der Waals surface area (Å²) in [5.74, 6) is 9.59. The summed E-state index contributed by atoms with van der Waals surface area (Å²) in [4.78, 5) is 23.0. The van der Waals surface area contributed by atoms with Gasteiger partial charge < -0.3 is 5.31 Å². The van der Waals surface area contributed by atoms with Crippen LogP contribution < -0.4 is 27.8 Å². The van der Waals surface area contributed by atoms with E-state index < -0.39 is 0 Å². The number of nitrogen functional groups attached to an aromatic ring is 2. The number of carbonyl (C=O) groups is 2. The van der Waals surface area contributed by atoms with Gasteiger partial charge in [0.1, 0.15) is 1.41 Å². The molecule has 2 amide bonds. The lowest BCUT2D eigenvalue weighted by atomic mass is 10.0. The Balaban J connectivity index is 1.74. The smallest absolute Gasteiger partial charge is 0.265 e. The number of nitrogens with two attached hydrogens (primary N) is 2. The van der Waals surface area contributed by atoms with Crippen molar-refractivity contribution in [3.63, 3.8) is 0 Å². The van der Waals surface area contributed by atoms with Crippen molar-refractivity contribution in [3.05, 3.63) is 70.8 Å². The van der Waals surface area contributed by atoms with Crippen LogP contribution in [-0.2, 0) is 0 Å². The predicted octanol–water partition coefficient (Wildman–Crippen LogP) is 1.06. The lowest BCUT2D eigenvalue weighted by molar-refractivity contribution is 0.0945. The molecule has 0 radical (unpaired) electrons. The van der Waals surface area contributed by atoms with E-state index in [0.717, 1.165) is 24.0 Å².